The van der Waals surface area contributed by atoms with E-state index in [2.05, 4.69) is 46.7 Å². The van der Waals surface area contributed by atoms with Crippen molar-refractivity contribution in [2.24, 2.45) is 0 Å². The van der Waals surface area contributed by atoms with E-state index in [4.69, 9.17) is 0 Å². The number of nitrogens with one attached hydrogen (secondary N) is 1. The summed E-state index contributed by atoms with van der Waals surface area (Å²) in [4.78, 5) is 4.18. The molecule has 0 saturated heterocycles. The van der Waals surface area contributed by atoms with Crippen LogP contribution in [0.4, 0.5) is 0 Å². The largest absolute Gasteiger partial charge is 0.313 e. The van der Waals surface area contributed by atoms with Crippen LogP contribution in [0.15, 0.2) is 54.9 Å². The number of hydrogen-bond donors (Lipinski definition) is 1. The molecule has 0 radical (unpaired) electrons. The Balaban J connectivity index is 1.85. The van der Waals surface area contributed by atoms with Gasteiger partial charge in [0, 0.05) is 18.4 Å². The van der Waals surface area contributed by atoms with Gasteiger partial charge in [0.25, 0.3) is 0 Å². The zero-order valence-corrected chi connectivity index (χ0v) is 10.8. The molecule has 0 aliphatic carbocycles. The Morgan fingerprint density at radius 2 is 1.94 bits per heavy atom. The average Bonchev–Trinajstić information content (AvgIpc) is 2.46. The van der Waals surface area contributed by atoms with Crippen LogP contribution in [0, 0.1) is 0 Å². The monoisotopic (exact) mass is 240 g/mol. The number of pyridine rings is 1. The van der Waals surface area contributed by atoms with E-state index >= 15 is 0 Å². The van der Waals surface area contributed by atoms with Crippen molar-refractivity contribution in [3.05, 3.63) is 66.0 Å². The van der Waals surface area contributed by atoms with Crippen molar-refractivity contribution in [2.45, 2.75) is 25.3 Å². The Bertz CT molecular complexity index is 439. The first-order chi connectivity index (χ1) is 8.90. The number of aromatic nitrogens is 1. The van der Waals surface area contributed by atoms with Crippen molar-refractivity contribution in [2.75, 3.05) is 7.05 Å². The predicted molar refractivity (Wildman–Crippen MR) is 75.4 cm³/mol. The van der Waals surface area contributed by atoms with Crippen LogP contribution in [0.1, 0.15) is 30.0 Å². The lowest BCUT2D eigenvalue weighted by Crippen LogP contribution is -2.16. The molecule has 1 N–H and O–H groups in total. The van der Waals surface area contributed by atoms with E-state index in [1.807, 2.05) is 25.5 Å². The van der Waals surface area contributed by atoms with Crippen LogP contribution in [-0.2, 0) is 6.42 Å². The van der Waals surface area contributed by atoms with Gasteiger partial charge in [0.2, 0.25) is 0 Å². The van der Waals surface area contributed by atoms with E-state index in [1.165, 1.54) is 17.5 Å². The Labute approximate surface area is 109 Å². The molecule has 0 bridgehead atoms. The molecule has 2 heteroatoms. The Kier molecular flexibility index (Phi) is 4.91. The van der Waals surface area contributed by atoms with Crippen LogP contribution in [0.5, 0.6) is 0 Å². The lowest BCUT2D eigenvalue weighted by molar-refractivity contribution is 0.526. The number of benzene rings is 1. The fourth-order valence-electron chi connectivity index (χ4n) is 2.21. The molecule has 1 heterocycles. The van der Waals surface area contributed by atoms with Crippen LogP contribution in [0.25, 0.3) is 0 Å². The van der Waals surface area contributed by atoms with Crippen molar-refractivity contribution in [3.8, 4) is 0 Å². The first-order valence-electron chi connectivity index (χ1n) is 6.51. The topological polar surface area (TPSA) is 24.9 Å². The fourth-order valence-corrected chi connectivity index (χ4v) is 2.21. The van der Waals surface area contributed by atoms with Crippen LogP contribution < -0.4 is 5.32 Å². The summed E-state index contributed by atoms with van der Waals surface area (Å²) in [6.07, 6.45) is 7.23. The molecule has 2 rings (SSSR count). The summed E-state index contributed by atoms with van der Waals surface area (Å²) in [7, 11) is 2.01. The molecule has 0 aliphatic heterocycles. The lowest BCUT2D eigenvalue weighted by Gasteiger charge is -2.15. The molecular formula is C16H20N2. The second kappa shape index (κ2) is 6.92. The van der Waals surface area contributed by atoms with Crippen LogP contribution in [-0.4, -0.2) is 12.0 Å². The molecular weight excluding hydrogens is 220 g/mol. The number of rotatable bonds is 6. The standard InChI is InChI=1S/C16H20N2/c1-17-16(15-10-6-12-18-13-15)11-5-9-14-7-3-2-4-8-14/h2-4,6-8,10,12-13,16-17H,5,9,11H2,1H3. The number of nitrogens with zero attached hydrogens (tertiary/aromatic N) is 1. The first-order valence-corrected chi connectivity index (χ1v) is 6.51. The maximum absolute atomic E-state index is 4.18. The number of aryl methyl sites for hydroxylation is 1. The average molecular weight is 240 g/mol. The first kappa shape index (κ1) is 12.8. The SMILES string of the molecule is CNC(CCCc1ccccc1)c1cccnc1. The summed E-state index contributed by atoms with van der Waals surface area (Å²) in [5, 5.41) is 3.36. The zero-order chi connectivity index (χ0) is 12.6. The minimum Gasteiger partial charge on any atom is -0.313 e. The molecule has 1 atom stereocenters. The summed E-state index contributed by atoms with van der Waals surface area (Å²) in [6, 6.07) is 15.2. The molecule has 1 aromatic heterocycles. The van der Waals surface area contributed by atoms with Crippen molar-refractivity contribution >= 4 is 0 Å². The molecule has 0 aliphatic rings. The minimum absolute atomic E-state index is 0.405. The third kappa shape index (κ3) is 3.67. The molecule has 2 nitrogen and oxygen atoms in total. The van der Waals surface area contributed by atoms with Crippen LogP contribution >= 0.6 is 0 Å². The van der Waals surface area contributed by atoms with Gasteiger partial charge in [-0.1, -0.05) is 36.4 Å². The molecule has 1 unspecified atom stereocenters. The van der Waals surface area contributed by atoms with E-state index in [1.54, 1.807) is 0 Å². The third-order valence-corrected chi connectivity index (χ3v) is 3.24. The molecule has 2 aromatic rings. The van der Waals surface area contributed by atoms with Gasteiger partial charge in [-0.15, -0.1) is 0 Å². The summed E-state index contributed by atoms with van der Waals surface area (Å²) < 4.78 is 0. The summed E-state index contributed by atoms with van der Waals surface area (Å²) in [5.41, 5.74) is 2.69. The van der Waals surface area contributed by atoms with Gasteiger partial charge in [0.05, 0.1) is 0 Å². The molecule has 0 amide bonds. The van der Waals surface area contributed by atoms with Gasteiger partial charge in [-0.25, -0.2) is 0 Å². The van der Waals surface area contributed by atoms with Crippen molar-refractivity contribution in [1.29, 1.82) is 0 Å². The predicted octanol–water partition coefficient (Wildman–Crippen LogP) is 3.37. The second-order valence-corrected chi connectivity index (χ2v) is 4.51. The van der Waals surface area contributed by atoms with E-state index in [9.17, 15) is 0 Å². The second-order valence-electron chi connectivity index (χ2n) is 4.51. The molecule has 1 aromatic carbocycles. The van der Waals surface area contributed by atoms with Crippen LogP contribution in [0.2, 0.25) is 0 Å². The van der Waals surface area contributed by atoms with E-state index < -0.39 is 0 Å². The van der Waals surface area contributed by atoms with Gasteiger partial charge in [0.1, 0.15) is 0 Å². The quantitative estimate of drug-likeness (QED) is 0.837. The van der Waals surface area contributed by atoms with Crippen LogP contribution in [0.3, 0.4) is 0 Å². The van der Waals surface area contributed by atoms with E-state index in [0.29, 0.717) is 6.04 Å². The highest BCUT2D eigenvalue weighted by Crippen LogP contribution is 2.18. The van der Waals surface area contributed by atoms with Gasteiger partial charge in [-0.3, -0.25) is 4.98 Å². The Hall–Kier alpha value is -1.67. The summed E-state index contributed by atoms with van der Waals surface area (Å²) >= 11 is 0. The fraction of sp³-hybridized carbons (Fsp3) is 0.312. The zero-order valence-electron chi connectivity index (χ0n) is 10.8. The van der Waals surface area contributed by atoms with Crippen molar-refractivity contribution in [3.63, 3.8) is 0 Å². The van der Waals surface area contributed by atoms with Crippen molar-refractivity contribution < 1.29 is 0 Å². The lowest BCUT2D eigenvalue weighted by atomic mass is 10.0. The summed E-state index contributed by atoms with van der Waals surface area (Å²) in [5.74, 6) is 0. The smallest absolute Gasteiger partial charge is 0.0332 e. The van der Waals surface area contributed by atoms with E-state index in [-0.39, 0.29) is 0 Å². The molecule has 0 spiro atoms. The normalized spacial score (nSPS) is 12.3. The Morgan fingerprint density at radius 1 is 1.11 bits per heavy atom. The minimum atomic E-state index is 0.405. The maximum Gasteiger partial charge on any atom is 0.0332 e. The highest BCUT2D eigenvalue weighted by molar-refractivity contribution is 5.16. The van der Waals surface area contributed by atoms with Crippen molar-refractivity contribution in [1.82, 2.24) is 10.3 Å². The van der Waals surface area contributed by atoms with Gasteiger partial charge in [-0.2, -0.15) is 0 Å². The third-order valence-electron chi connectivity index (χ3n) is 3.24. The Morgan fingerprint density at radius 3 is 2.61 bits per heavy atom. The van der Waals surface area contributed by atoms with Gasteiger partial charge in [0.15, 0.2) is 0 Å². The number of hydrogen-bond acceptors (Lipinski definition) is 2. The highest BCUT2D eigenvalue weighted by atomic mass is 14.9. The van der Waals surface area contributed by atoms with Gasteiger partial charge < -0.3 is 5.32 Å². The summed E-state index contributed by atoms with van der Waals surface area (Å²) in [6.45, 7) is 0. The van der Waals surface area contributed by atoms with E-state index in [0.717, 1.165) is 12.8 Å². The molecule has 94 valence electrons. The molecule has 18 heavy (non-hydrogen) atoms. The van der Waals surface area contributed by atoms with Gasteiger partial charge in [-0.05, 0) is 43.5 Å². The van der Waals surface area contributed by atoms with Gasteiger partial charge >= 0.3 is 0 Å². The molecule has 0 fully saturated rings. The maximum atomic E-state index is 4.18. The highest BCUT2D eigenvalue weighted by Gasteiger charge is 2.08. The molecule has 0 saturated carbocycles.